The van der Waals surface area contributed by atoms with E-state index in [-0.39, 0.29) is 0 Å². The van der Waals surface area contributed by atoms with Gasteiger partial charge >= 0.3 is 0 Å². The molecule has 2 atom stereocenters. The van der Waals surface area contributed by atoms with Gasteiger partial charge in [-0.05, 0) is 49.9 Å². The minimum atomic E-state index is 0.659. The first kappa shape index (κ1) is 11.8. The van der Waals surface area contributed by atoms with Crippen LogP contribution >= 0.6 is 0 Å². The van der Waals surface area contributed by atoms with E-state index in [4.69, 9.17) is 9.47 Å². The van der Waals surface area contributed by atoms with Crippen molar-refractivity contribution in [2.75, 3.05) is 20.3 Å². The van der Waals surface area contributed by atoms with E-state index in [0.717, 1.165) is 11.5 Å². The third-order valence-corrected chi connectivity index (χ3v) is 4.12. The minimum Gasteiger partial charge on any atom is -0.486 e. The number of hydrogen-bond acceptors (Lipinski definition) is 3. The molecular weight excluding hydrogens is 226 g/mol. The Labute approximate surface area is 108 Å². The molecule has 18 heavy (non-hydrogen) atoms. The van der Waals surface area contributed by atoms with Crippen molar-refractivity contribution in [3.05, 3.63) is 23.8 Å². The topological polar surface area (TPSA) is 30.5 Å². The summed E-state index contributed by atoms with van der Waals surface area (Å²) in [5.74, 6) is 2.48. The molecule has 3 heteroatoms. The van der Waals surface area contributed by atoms with Crippen molar-refractivity contribution in [3.8, 4) is 11.5 Å². The first-order valence-corrected chi connectivity index (χ1v) is 6.93. The summed E-state index contributed by atoms with van der Waals surface area (Å²) < 4.78 is 11.2. The van der Waals surface area contributed by atoms with E-state index >= 15 is 0 Å². The van der Waals surface area contributed by atoms with E-state index in [1.54, 1.807) is 0 Å². The summed E-state index contributed by atoms with van der Waals surface area (Å²) in [6.45, 7) is 1.33. The van der Waals surface area contributed by atoms with Gasteiger partial charge in [0.05, 0.1) is 0 Å². The maximum Gasteiger partial charge on any atom is 0.161 e. The largest absolute Gasteiger partial charge is 0.486 e. The standard InChI is InChI=1S/C15H21NO2/c1-16-13-4-2-3-11(9-13)12-5-6-14-15(10-12)18-8-7-17-14/h5-6,10-11,13,16H,2-4,7-9H2,1H3. The summed E-state index contributed by atoms with van der Waals surface area (Å²) in [6, 6.07) is 7.11. The molecular formula is C15H21NO2. The van der Waals surface area contributed by atoms with Crippen LogP contribution in [0, 0.1) is 0 Å². The van der Waals surface area contributed by atoms with E-state index in [1.807, 2.05) is 0 Å². The number of nitrogens with one attached hydrogen (secondary N) is 1. The van der Waals surface area contributed by atoms with Gasteiger partial charge in [0, 0.05) is 6.04 Å². The Balaban J connectivity index is 1.79. The molecule has 0 aromatic heterocycles. The highest BCUT2D eigenvalue weighted by atomic mass is 16.6. The molecule has 0 amide bonds. The highest BCUT2D eigenvalue weighted by Crippen LogP contribution is 2.38. The molecule has 1 N–H and O–H groups in total. The average molecular weight is 247 g/mol. The van der Waals surface area contributed by atoms with Gasteiger partial charge in [0.15, 0.2) is 11.5 Å². The SMILES string of the molecule is CNC1CCCC(c2ccc3c(c2)OCCO3)C1. The van der Waals surface area contributed by atoms with Crippen molar-refractivity contribution < 1.29 is 9.47 Å². The molecule has 3 rings (SSSR count). The van der Waals surface area contributed by atoms with Gasteiger partial charge in [-0.25, -0.2) is 0 Å². The summed E-state index contributed by atoms with van der Waals surface area (Å²) in [7, 11) is 2.07. The van der Waals surface area contributed by atoms with Crippen LogP contribution in [0.3, 0.4) is 0 Å². The number of fused-ring (bicyclic) bond motifs is 1. The van der Waals surface area contributed by atoms with Crippen LogP contribution in [-0.4, -0.2) is 26.3 Å². The molecule has 98 valence electrons. The number of ether oxygens (including phenoxy) is 2. The molecule has 1 aliphatic carbocycles. The highest BCUT2D eigenvalue weighted by Gasteiger charge is 2.23. The van der Waals surface area contributed by atoms with Gasteiger partial charge in [-0.1, -0.05) is 12.5 Å². The van der Waals surface area contributed by atoms with Crippen LogP contribution in [0.1, 0.15) is 37.2 Å². The van der Waals surface area contributed by atoms with E-state index in [9.17, 15) is 0 Å². The number of benzene rings is 1. The van der Waals surface area contributed by atoms with Gasteiger partial charge in [-0.2, -0.15) is 0 Å². The van der Waals surface area contributed by atoms with E-state index in [1.165, 1.54) is 31.2 Å². The minimum absolute atomic E-state index is 0.659. The predicted molar refractivity (Wildman–Crippen MR) is 71.5 cm³/mol. The van der Waals surface area contributed by atoms with E-state index in [0.29, 0.717) is 25.2 Å². The van der Waals surface area contributed by atoms with Crippen LogP contribution in [0.15, 0.2) is 18.2 Å². The Morgan fingerprint density at radius 1 is 1.11 bits per heavy atom. The molecule has 0 bridgehead atoms. The quantitative estimate of drug-likeness (QED) is 0.871. The molecule has 2 unspecified atom stereocenters. The molecule has 0 spiro atoms. The molecule has 1 aromatic carbocycles. The lowest BCUT2D eigenvalue weighted by molar-refractivity contribution is 0.171. The number of rotatable bonds is 2. The van der Waals surface area contributed by atoms with Crippen molar-refractivity contribution in [2.24, 2.45) is 0 Å². The fourth-order valence-corrected chi connectivity index (χ4v) is 3.07. The van der Waals surface area contributed by atoms with Crippen molar-refractivity contribution >= 4 is 0 Å². The molecule has 0 saturated heterocycles. The molecule has 1 saturated carbocycles. The van der Waals surface area contributed by atoms with Crippen LogP contribution in [0.5, 0.6) is 11.5 Å². The van der Waals surface area contributed by atoms with Crippen LogP contribution < -0.4 is 14.8 Å². The van der Waals surface area contributed by atoms with Gasteiger partial charge in [0.1, 0.15) is 13.2 Å². The Kier molecular flexibility index (Phi) is 3.41. The van der Waals surface area contributed by atoms with E-state index in [2.05, 4.69) is 30.6 Å². The zero-order valence-corrected chi connectivity index (χ0v) is 10.9. The molecule has 2 aliphatic rings. The first-order chi connectivity index (χ1) is 8.86. The Hall–Kier alpha value is -1.22. The third kappa shape index (κ3) is 2.32. The molecule has 1 heterocycles. The van der Waals surface area contributed by atoms with Crippen molar-refractivity contribution in [2.45, 2.75) is 37.6 Å². The highest BCUT2D eigenvalue weighted by molar-refractivity contribution is 5.44. The van der Waals surface area contributed by atoms with Crippen molar-refractivity contribution in [1.82, 2.24) is 5.32 Å². The summed E-state index contributed by atoms with van der Waals surface area (Å²) in [5.41, 5.74) is 1.40. The molecule has 1 aromatic rings. The van der Waals surface area contributed by atoms with Crippen LogP contribution in [0.4, 0.5) is 0 Å². The monoisotopic (exact) mass is 247 g/mol. The van der Waals surface area contributed by atoms with Crippen molar-refractivity contribution in [1.29, 1.82) is 0 Å². The zero-order chi connectivity index (χ0) is 12.4. The maximum absolute atomic E-state index is 5.67. The van der Waals surface area contributed by atoms with Gasteiger partial charge in [0.25, 0.3) is 0 Å². The Morgan fingerprint density at radius 3 is 2.78 bits per heavy atom. The fraction of sp³-hybridized carbons (Fsp3) is 0.600. The second-order valence-corrected chi connectivity index (χ2v) is 5.25. The lowest BCUT2D eigenvalue weighted by Crippen LogP contribution is -2.30. The van der Waals surface area contributed by atoms with E-state index < -0.39 is 0 Å². The second kappa shape index (κ2) is 5.19. The van der Waals surface area contributed by atoms with Gasteiger partial charge in [0.2, 0.25) is 0 Å². The number of hydrogen-bond donors (Lipinski definition) is 1. The third-order valence-electron chi connectivity index (χ3n) is 4.12. The molecule has 0 radical (unpaired) electrons. The molecule has 1 aliphatic heterocycles. The summed E-state index contributed by atoms with van der Waals surface area (Å²) in [6.07, 6.45) is 5.14. The predicted octanol–water partition coefficient (Wildman–Crippen LogP) is 2.70. The second-order valence-electron chi connectivity index (χ2n) is 5.25. The van der Waals surface area contributed by atoms with Gasteiger partial charge in [-0.15, -0.1) is 0 Å². The lowest BCUT2D eigenvalue weighted by atomic mass is 9.81. The first-order valence-electron chi connectivity index (χ1n) is 6.93. The Morgan fingerprint density at radius 2 is 1.94 bits per heavy atom. The average Bonchev–Trinajstić information content (AvgIpc) is 2.47. The summed E-state index contributed by atoms with van der Waals surface area (Å²) >= 11 is 0. The van der Waals surface area contributed by atoms with Crippen molar-refractivity contribution in [3.63, 3.8) is 0 Å². The van der Waals surface area contributed by atoms with Crippen LogP contribution in [0.25, 0.3) is 0 Å². The van der Waals surface area contributed by atoms with Crippen LogP contribution in [-0.2, 0) is 0 Å². The van der Waals surface area contributed by atoms with Crippen LogP contribution in [0.2, 0.25) is 0 Å². The molecule has 1 fully saturated rings. The Bertz CT molecular complexity index is 419. The fourth-order valence-electron chi connectivity index (χ4n) is 3.07. The zero-order valence-electron chi connectivity index (χ0n) is 10.9. The summed E-state index contributed by atoms with van der Waals surface area (Å²) in [5, 5.41) is 3.41. The normalized spacial score (nSPS) is 26.9. The van der Waals surface area contributed by atoms with Gasteiger partial charge in [-0.3, -0.25) is 0 Å². The maximum atomic E-state index is 5.67. The smallest absolute Gasteiger partial charge is 0.161 e. The van der Waals surface area contributed by atoms with Gasteiger partial charge < -0.3 is 14.8 Å². The lowest BCUT2D eigenvalue weighted by Gasteiger charge is -2.30. The molecule has 3 nitrogen and oxygen atoms in total. The summed E-state index contributed by atoms with van der Waals surface area (Å²) in [4.78, 5) is 0.